The van der Waals surface area contributed by atoms with Crippen LogP contribution in [0.5, 0.6) is 0 Å². The van der Waals surface area contributed by atoms with E-state index in [1.54, 1.807) is 25.1 Å². The van der Waals surface area contributed by atoms with Crippen LogP contribution in [0.2, 0.25) is 0 Å². The highest BCUT2D eigenvalue weighted by Gasteiger charge is 2.37. The van der Waals surface area contributed by atoms with E-state index >= 15 is 0 Å². The van der Waals surface area contributed by atoms with Crippen LogP contribution in [0.3, 0.4) is 0 Å². The number of benzene rings is 1. The molecule has 1 unspecified atom stereocenters. The SMILES string of the molecule is CCCC(C#N)(CCC)C(=O)NC(C)c1ccccc1F. The van der Waals surface area contributed by atoms with Gasteiger partial charge in [-0.25, -0.2) is 4.39 Å². The highest BCUT2D eigenvalue weighted by Crippen LogP contribution is 2.30. The third-order valence-corrected chi connectivity index (χ3v) is 3.72. The second kappa shape index (κ2) is 7.78. The Morgan fingerprint density at radius 3 is 2.38 bits per heavy atom. The number of halogens is 1. The van der Waals surface area contributed by atoms with E-state index in [0.717, 1.165) is 12.8 Å². The first-order valence-corrected chi connectivity index (χ1v) is 7.47. The summed E-state index contributed by atoms with van der Waals surface area (Å²) in [4.78, 5) is 12.5. The van der Waals surface area contributed by atoms with Gasteiger partial charge in [0.15, 0.2) is 0 Å². The monoisotopic (exact) mass is 290 g/mol. The summed E-state index contributed by atoms with van der Waals surface area (Å²) in [6, 6.07) is 8.09. The van der Waals surface area contributed by atoms with Crippen molar-refractivity contribution in [2.75, 3.05) is 0 Å². The van der Waals surface area contributed by atoms with Gasteiger partial charge >= 0.3 is 0 Å². The van der Waals surface area contributed by atoms with Crippen LogP contribution in [0.25, 0.3) is 0 Å². The Kier molecular flexibility index (Phi) is 6.36. The topological polar surface area (TPSA) is 52.9 Å². The lowest BCUT2D eigenvalue weighted by atomic mass is 9.79. The summed E-state index contributed by atoms with van der Waals surface area (Å²) in [7, 11) is 0. The van der Waals surface area contributed by atoms with Gasteiger partial charge in [0, 0.05) is 5.56 Å². The van der Waals surface area contributed by atoms with Gasteiger partial charge in [0.25, 0.3) is 0 Å². The zero-order chi connectivity index (χ0) is 15.9. The van der Waals surface area contributed by atoms with Crippen LogP contribution in [-0.2, 0) is 4.79 Å². The van der Waals surface area contributed by atoms with Crippen LogP contribution < -0.4 is 5.32 Å². The highest BCUT2D eigenvalue weighted by molar-refractivity contribution is 5.85. The summed E-state index contributed by atoms with van der Waals surface area (Å²) in [6.45, 7) is 5.64. The summed E-state index contributed by atoms with van der Waals surface area (Å²) in [6.07, 6.45) is 2.56. The molecule has 0 radical (unpaired) electrons. The molecule has 0 aliphatic rings. The fraction of sp³-hybridized carbons (Fsp3) is 0.529. The van der Waals surface area contributed by atoms with Gasteiger partial charge in [-0.15, -0.1) is 0 Å². The standard InChI is InChI=1S/C17H23FN2O/c1-4-10-17(12-19,11-5-2)16(21)20-13(3)14-8-6-7-9-15(14)18/h6-9,13H,4-5,10-11H2,1-3H3,(H,20,21). The summed E-state index contributed by atoms with van der Waals surface area (Å²) in [5.41, 5.74) is -0.575. The van der Waals surface area contributed by atoms with Gasteiger partial charge in [-0.2, -0.15) is 5.26 Å². The molecule has 0 aliphatic heterocycles. The maximum Gasteiger partial charge on any atom is 0.240 e. The minimum absolute atomic E-state index is 0.301. The van der Waals surface area contributed by atoms with E-state index < -0.39 is 11.5 Å². The molecule has 1 amide bonds. The lowest BCUT2D eigenvalue weighted by Gasteiger charge is -2.27. The molecule has 114 valence electrons. The second-order valence-corrected chi connectivity index (χ2v) is 5.41. The molecule has 0 saturated carbocycles. The first-order valence-electron chi connectivity index (χ1n) is 7.47. The van der Waals surface area contributed by atoms with E-state index in [-0.39, 0.29) is 11.7 Å². The smallest absolute Gasteiger partial charge is 0.240 e. The van der Waals surface area contributed by atoms with Crippen molar-refractivity contribution in [1.82, 2.24) is 5.32 Å². The van der Waals surface area contributed by atoms with Crippen molar-refractivity contribution < 1.29 is 9.18 Å². The van der Waals surface area contributed by atoms with Gasteiger partial charge in [-0.05, 0) is 25.8 Å². The molecule has 1 aromatic carbocycles. The molecular formula is C17H23FN2O. The van der Waals surface area contributed by atoms with Crippen molar-refractivity contribution in [3.05, 3.63) is 35.6 Å². The second-order valence-electron chi connectivity index (χ2n) is 5.41. The molecule has 1 rings (SSSR count). The Labute approximate surface area is 126 Å². The normalized spacial score (nSPS) is 12.5. The molecule has 0 fully saturated rings. The number of carbonyl (C=O) groups excluding carboxylic acids is 1. The zero-order valence-electron chi connectivity index (χ0n) is 12.9. The molecule has 0 heterocycles. The Morgan fingerprint density at radius 2 is 1.90 bits per heavy atom. The Balaban J connectivity index is 2.92. The molecule has 21 heavy (non-hydrogen) atoms. The van der Waals surface area contributed by atoms with Gasteiger partial charge in [0.05, 0.1) is 12.1 Å². The van der Waals surface area contributed by atoms with Crippen LogP contribution in [0.15, 0.2) is 24.3 Å². The maximum absolute atomic E-state index is 13.7. The van der Waals surface area contributed by atoms with E-state index in [9.17, 15) is 14.4 Å². The first kappa shape index (κ1) is 17.2. The maximum atomic E-state index is 13.7. The van der Waals surface area contributed by atoms with Gasteiger partial charge in [-0.3, -0.25) is 4.79 Å². The molecule has 0 aliphatic carbocycles. The van der Waals surface area contributed by atoms with Crippen LogP contribution in [-0.4, -0.2) is 5.91 Å². The van der Waals surface area contributed by atoms with Gasteiger partial charge in [0.2, 0.25) is 5.91 Å². The predicted molar refractivity (Wildman–Crippen MR) is 80.8 cm³/mol. The number of amides is 1. The van der Waals surface area contributed by atoms with Gasteiger partial charge < -0.3 is 5.32 Å². The molecule has 4 heteroatoms. The minimum atomic E-state index is -1.01. The summed E-state index contributed by atoms with van der Waals surface area (Å²) in [5.74, 6) is -0.650. The number of nitrogens with zero attached hydrogens (tertiary/aromatic N) is 1. The number of hydrogen-bond donors (Lipinski definition) is 1. The molecule has 0 bridgehead atoms. The third kappa shape index (κ3) is 4.04. The Hall–Kier alpha value is -1.89. The summed E-state index contributed by atoms with van der Waals surface area (Å²) in [5, 5.41) is 12.3. The van der Waals surface area contributed by atoms with Crippen molar-refractivity contribution in [3.8, 4) is 6.07 Å². The lowest BCUT2D eigenvalue weighted by Crippen LogP contribution is -2.41. The van der Waals surface area contributed by atoms with Crippen LogP contribution >= 0.6 is 0 Å². The Morgan fingerprint density at radius 1 is 1.33 bits per heavy atom. The average molecular weight is 290 g/mol. The number of nitrogens with one attached hydrogen (secondary N) is 1. The van der Waals surface area contributed by atoms with E-state index in [1.807, 2.05) is 13.8 Å². The van der Waals surface area contributed by atoms with Crippen molar-refractivity contribution in [2.24, 2.45) is 5.41 Å². The summed E-state index contributed by atoms with van der Waals surface area (Å²) >= 11 is 0. The zero-order valence-corrected chi connectivity index (χ0v) is 12.9. The van der Waals surface area contributed by atoms with E-state index in [0.29, 0.717) is 18.4 Å². The Bertz CT molecular complexity index is 516. The van der Waals surface area contributed by atoms with Crippen LogP contribution in [0, 0.1) is 22.6 Å². The molecular weight excluding hydrogens is 267 g/mol. The highest BCUT2D eigenvalue weighted by atomic mass is 19.1. The van der Waals surface area contributed by atoms with Gasteiger partial charge in [-0.1, -0.05) is 44.9 Å². The molecule has 1 atom stereocenters. The molecule has 0 aromatic heterocycles. The largest absolute Gasteiger partial charge is 0.348 e. The van der Waals surface area contributed by atoms with E-state index in [2.05, 4.69) is 11.4 Å². The van der Waals surface area contributed by atoms with Crippen molar-refractivity contribution in [1.29, 1.82) is 5.26 Å². The molecule has 1 aromatic rings. The van der Waals surface area contributed by atoms with Crippen molar-refractivity contribution in [3.63, 3.8) is 0 Å². The first-order chi connectivity index (χ1) is 10.0. The number of carbonyl (C=O) groups is 1. The molecule has 0 spiro atoms. The minimum Gasteiger partial charge on any atom is -0.348 e. The quantitative estimate of drug-likeness (QED) is 0.821. The number of nitriles is 1. The van der Waals surface area contributed by atoms with Crippen molar-refractivity contribution >= 4 is 5.91 Å². The van der Waals surface area contributed by atoms with Crippen LogP contribution in [0.4, 0.5) is 4.39 Å². The number of rotatable bonds is 7. The fourth-order valence-electron chi connectivity index (χ4n) is 2.61. The summed E-state index contributed by atoms with van der Waals surface area (Å²) < 4.78 is 13.7. The molecule has 1 N–H and O–H groups in total. The molecule has 3 nitrogen and oxygen atoms in total. The lowest BCUT2D eigenvalue weighted by molar-refractivity contribution is -0.129. The van der Waals surface area contributed by atoms with Crippen LogP contribution in [0.1, 0.15) is 58.1 Å². The molecule has 0 saturated heterocycles. The number of hydrogen-bond acceptors (Lipinski definition) is 2. The third-order valence-electron chi connectivity index (χ3n) is 3.72. The average Bonchev–Trinajstić information content (AvgIpc) is 2.47. The van der Waals surface area contributed by atoms with Gasteiger partial charge in [0.1, 0.15) is 11.2 Å². The van der Waals surface area contributed by atoms with Crippen molar-refractivity contribution in [2.45, 2.75) is 52.5 Å². The predicted octanol–water partition coefficient (Wildman–Crippen LogP) is 4.11. The fourth-order valence-corrected chi connectivity index (χ4v) is 2.61. The van der Waals surface area contributed by atoms with E-state index in [4.69, 9.17) is 0 Å². The van der Waals surface area contributed by atoms with E-state index in [1.165, 1.54) is 6.07 Å².